The second-order valence-electron chi connectivity index (χ2n) is 6.78. The van der Waals surface area contributed by atoms with Crippen LogP contribution in [0.1, 0.15) is 85.0 Å². The Kier molecular flexibility index (Phi) is 7.70. The van der Waals surface area contributed by atoms with Crippen molar-refractivity contribution in [3.8, 4) is 0 Å². The second kappa shape index (κ2) is 8.47. The van der Waals surface area contributed by atoms with E-state index in [1.54, 1.807) is 0 Å². The number of rotatable bonds is 1. The highest BCUT2D eigenvalue weighted by molar-refractivity contribution is 8.01. The molecule has 1 nitrogen and oxygen atoms in total. The van der Waals surface area contributed by atoms with Crippen molar-refractivity contribution in [2.45, 2.75) is 101 Å². The normalized spacial score (nSPS) is 29.3. The first-order chi connectivity index (χ1) is 8.47. The minimum Gasteiger partial charge on any atom is -0.393 e. The molecule has 1 saturated carbocycles. The minimum atomic E-state index is -0.0295. The maximum Gasteiger partial charge on any atom is 0.0540 e. The van der Waals surface area contributed by atoms with Crippen molar-refractivity contribution >= 4 is 11.8 Å². The molecule has 0 spiro atoms. The van der Waals surface area contributed by atoms with Gasteiger partial charge in [0.2, 0.25) is 0 Å². The Balaban J connectivity index is 2.37. The van der Waals surface area contributed by atoms with Crippen LogP contribution in [0.25, 0.3) is 0 Å². The SMILES string of the molecule is CC(C)(C)SC1CCCCCCC(O)CCCC1. The van der Waals surface area contributed by atoms with Gasteiger partial charge in [-0.25, -0.2) is 0 Å². The molecule has 18 heavy (non-hydrogen) atoms. The largest absolute Gasteiger partial charge is 0.393 e. The number of thioether (sulfide) groups is 1. The molecule has 1 aliphatic rings. The summed E-state index contributed by atoms with van der Waals surface area (Å²) < 4.78 is 0.390. The van der Waals surface area contributed by atoms with Crippen LogP contribution in [0.3, 0.4) is 0 Å². The Morgan fingerprint density at radius 2 is 1.22 bits per heavy atom. The van der Waals surface area contributed by atoms with E-state index in [0.29, 0.717) is 4.75 Å². The molecule has 0 radical (unpaired) electrons. The van der Waals surface area contributed by atoms with E-state index in [1.165, 1.54) is 51.4 Å². The summed E-state index contributed by atoms with van der Waals surface area (Å²) in [5.74, 6) is 0. The minimum absolute atomic E-state index is 0.0295. The van der Waals surface area contributed by atoms with Gasteiger partial charge in [0.25, 0.3) is 0 Å². The quantitative estimate of drug-likeness (QED) is 0.711. The summed E-state index contributed by atoms with van der Waals surface area (Å²) in [6.45, 7) is 6.99. The fourth-order valence-electron chi connectivity index (χ4n) is 2.76. The molecule has 1 aliphatic carbocycles. The van der Waals surface area contributed by atoms with Crippen LogP contribution in [0.4, 0.5) is 0 Å². The van der Waals surface area contributed by atoms with Gasteiger partial charge in [0.05, 0.1) is 6.10 Å². The van der Waals surface area contributed by atoms with Gasteiger partial charge >= 0.3 is 0 Å². The molecule has 1 N–H and O–H groups in total. The Morgan fingerprint density at radius 1 is 0.778 bits per heavy atom. The zero-order valence-electron chi connectivity index (χ0n) is 12.6. The van der Waals surface area contributed by atoms with Crippen LogP contribution >= 0.6 is 11.8 Å². The number of hydrogen-bond donors (Lipinski definition) is 1. The van der Waals surface area contributed by atoms with E-state index in [1.807, 2.05) is 0 Å². The molecule has 0 amide bonds. The van der Waals surface area contributed by atoms with Crippen LogP contribution in [0.5, 0.6) is 0 Å². The molecule has 0 aromatic carbocycles. The third kappa shape index (κ3) is 8.42. The van der Waals surface area contributed by atoms with Crippen molar-refractivity contribution in [2.24, 2.45) is 0 Å². The molecule has 2 atom stereocenters. The van der Waals surface area contributed by atoms with Crippen molar-refractivity contribution < 1.29 is 5.11 Å². The maximum absolute atomic E-state index is 9.84. The summed E-state index contributed by atoms with van der Waals surface area (Å²) in [6.07, 6.45) is 12.5. The van der Waals surface area contributed by atoms with Gasteiger partial charge in [0.1, 0.15) is 0 Å². The first kappa shape index (κ1) is 16.4. The van der Waals surface area contributed by atoms with Gasteiger partial charge in [-0.3, -0.25) is 0 Å². The molecular weight excluding hydrogens is 240 g/mol. The summed E-state index contributed by atoms with van der Waals surface area (Å²) in [6, 6.07) is 0. The molecule has 2 heteroatoms. The lowest BCUT2D eigenvalue weighted by molar-refractivity contribution is 0.146. The van der Waals surface area contributed by atoms with Crippen molar-refractivity contribution in [1.82, 2.24) is 0 Å². The van der Waals surface area contributed by atoms with Crippen LogP contribution in [0.15, 0.2) is 0 Å². The van der Waals surface area contributed by atoms with Gasteiger partial charge in [-0.1, -0.05) is 59.3 Å². The van der Waals surface area contributed by atoms with Gasteiger partial charge in [-0.2, -0.15) is 11.8 Å². The van der Waals surface area contributed by atoms with Crippen molar-refractivity contribution in [1.29, 1.82) is 0 Å². The van der Waals surface area contributed by atoms with E-state index in [9.17, 15) is 5.11 Å². The second-order valence-corrected chi connectivity index (χ2v) is 8.91. The van der Waals surface area contributed by atoms with Gasteiger partial charge in [0.15, 0.2) is 0 Å². The molecular formula is C16H32OS. The molecule has 1 rings (SSSR count). The highest BCUT2D eigenvalue weighted by Crippen LogP contribution is 2.34. The fraction of sp³-hybridized carbons (Fsp3) is 1.00. The molecule has 108 valence electrons. The molecule has 1 fully saturated rings. The average molecular weight is 272 g/mol. The van der Waals surface area contributed by atoms with Crippen LogP contribution < -0.4 is 0 Å². The van der Waals surface area contributed by atoms with Crippen LogP contribution in [-0.2, 0) is 0 Å². The van der Waals surface area contributed by atoms with E-state index in [0.717, 1.165) is 18.1 Å². The van der Waals surface area contributed by atoms with E-state index in [-0.39, 0.29) is 6.10 Å². The van der Waals surface area contributed by atoms with E-state index < -0.39 is 0 Å². The topological polar surface area (TPSA) is 20.2 Å². The molecule has 2 unspecified atom stereocenters. The lowest BCUT2D eigenvalue weighted by Crippen LogP contribution is -2.16. The lowest BCUT2D eigenvalue weighted by atomic mass is 9.99. The highest BCUT2D eigenvalue weighted by Gasteiger charge is 2.19. The van der Waals surface area contributed by atoms with Crippen molar-refractivity contribution in [3.05, 3.63) is 0 Å². The van der Waals surface area contributed by atoms with Gasteiger partial charge < -0.3 is 5.11 Å². The predicted molar refractivity (Wildman–Crippen MR) is 83.3 cm³/mol. The van der Waals surface area contributed by atoms with E-state index >= 15 is 0 Å². The third-order valence-corrected chi connectivity index (χ3v) is 5.16. The number of hydrogen-bond acceptors (Lipinski definition) is 2. The van der Waals surface area contributed by atoms with Gasteiger partial charge in [-0.15, -0.1) is 0 Å². The summed E-state index contributed by atoms with van der Waals surface area (Å²) in [5.41, 5.74) is 0. The Morgan fingerprint density at radius 3 is 1.78 bits per heavy atom. The van der Waals surface area contributed by atoms with Crippen molar-refractivity contribution in [2.75, 3.05) is 0 Å². The molecule has 0 aromatic rings. The molecule has 0 heterocycles. The Bertz CT molecular complexity index is 210. The van der Waals surface area contributed by atoms with E-state index in [4.69, 9.17) is 0 Å². The number of aliphatic hydroxyl groups is 1. The predicted octanol–water partition coefficient (Wildman–Crippen LogP) is 5.16. The van der Waals surface area contributed by atoms with Crippen LogP contribution in [0, 0.1) is 0 Å². The van der Waals surface area contributed by atoms with Crippen molar-refractivity contribution in [3.63, 3.8) is 0 Å². The van der Waals surface area contributed by atoms with Gasteiger partial charge in [0, 0.05) is 10.00 Å². The van der Waals surface area contributed by atoms with Gasteiger partial charge in [-0.05, 0) is 25.7 Å². The molecule has 0 aromatic heterocycles. The lowest BCUT2D eigenvalue weighted by Gasteiger charge is -2.26. The molecule has 0 saturated heterocycles. The summed E-state index contributed by atoms with van der Waals surface area (Å²) in [5, 5.41) is 10.7. The standard InChI is InChI=1S/C16H32OS/c1-16(2,3)18-15-12-7-5-4-6-10-14(17)11-8-9-13-15/h14-15,17H,4-13H2,1-3H3. The zero-order valence-corrected chi connectivity index (χ0v) is 13.4. The first-order valence-electron chi connectivity index (χ1n) is 7.83. The number of aliphatic hydroxyl groups excluding tert-OH is 1. The Hall–Kier alpha value is 0.310. The molecule has 0 aliphatic heterocycles. The summed E-state index contributed by atoms with van der Waals surface area (Å²) in [4.78, 5) is 0. The van der Waals surface area contributed by atoms with Crippen LogP contribution in [-0.4, -0.2) is 21.2 Å². The Labute approximate surface area is 118 Å². The maximum atomic E-state index is 9.84. The average Bonchev–Trinajstić information content (AvgIpc) is 2.24. The summed E-state index contributed by atoms with van der Waals surface area (Å²) >= 11 is 2.17. The van der Waals surface area contributed by atoms with Crippen LogP contribution in [0.2, 0.25) is 0 Å². The third-order valence-electron chi connectivity index (χ3n) is 3.65. The molecule has 0 bridgehead atoms. The zero-order chi connectivity index (χ0) is 13.4. The first-order valence-corrected chi connectivity index (χ1v) is 8.71. The monoisotopic (exact) mass is 272 g/mol. The highest BCUT2D eigenvalue weighted by atomic mass is 32.2. The fourth-order valence-corrected chi connectivity index (χ4v) is 4.33. The van der Waals surface area contributed by atoms with E-state index in [2.05, 4.69) is 32.5 Å². The smallest absolute Gasteiger partial charge is 0.0540 e. The summed E-state index contributed by atoms with van der Waals surface area (Å²) in [7, 11) is 0.